The molecular weight excluding hydrogens is 372 g/mol. The van der Waals surface area contributed by atoms with Crippen LogP contribution >= 0.6 is 11.6 Å². The first-order valence-electron chi connectivity index (χ1n) is 8.57. The van der Waals surface area contributed by atoms with Crippen LogP contribution in [0.3, 0.4) is 0 Å². The van der Waals surface area contributed by atoms with Crippen molar-refractivity contribution in [2.24, 2.45) is 0 Å². The topological polar surface area (TPSA) is 94.9 Å². The van der Waals surface area contributed by atoms with Crippen molar-refractivity contribution in [1.29, 1.82) is 0 Å². The number of aliphatic hydroxyl groups is 1. The van der Waals surface area contributed by atoms with E-state index in [4.69, 9.17) is 16.3 Å². The minimum atomic E-state index is -1.13. The quantitative estimate of drug-likeness (QED) is 0.822. The Bertz CT molecular complexity index is 828. The number of hydrogen-bond acceptors (Lipinski definition) is 8. The molecule has 2 aliphatic rings. The van der Waals surface area contributed by atoms with Crippen molar-refractivity contribution in [2.75, 3.05) is 38.1 Å². The van der Waals surface area contributed by atoms with Gasteiger partial charge in [0.05, 0.1) is 5.02 Å². The van der Waals surface area contributed by atoms with Gasteiger partial charge in [-0.05, 0) is 19.2 Å². The molecule has 0 spiro atoms. The van der Waals surface area contributed by atoms with E-state index in [1.807, 2.05) is 7.05 Å². The maximum atomic E-state index is 12.7. The summed E-state index contributed by atoms with van der Waals surface area (Å²) in [5.74, 6) is 0.405. The van der Waals surface area contributed by atoms with Crippen molar-refractivity contribution in [3.05, 3.63) is 47.1 Å². The standard InChI is InChI=1S/C17H19ClN6O3/c1-22-6-8-23(9-7-22)17(26)27-16-14-13(19-4-5-20-14)15(25)24(16)12-3-2-11(18)10-21-12/h2-5,10,15-16,25H,6-9H2,1H3. The molecule has 27 heavy (non-hydrogen) atoms. The molecule has 2 unspecified atom stereocenters. The molecule has 10 heteroatoms. The molecule has 1 amide bonds. The minimum absolute atomic E-state index is 0.338. The summed E-state index contributed by atoms with van der Waals surface area (Å²) in [6, 6.07) is 3.30. The fraction of sp³-hybridized carbons (Fsp3) is 0.412. The van der Waals surface area contributed by atoms with Gasteiger partial charge >= 0.3 is 6.09 Å². The van der Waals surface area contributed by atoms with Crippen LogP contribution in [0.4, 0.5) is 10.6 Å². The molecule has 4 heterocycles. The number of aromatic nitrogens is 3. The van der Waals surface area contributed by atoms with Crippen molar-refractivity contribution >= 4 is 23.5 Å². The predicted octanol–water partition coefficient (Wildman–Crippen LogP) is 1.42. The SMILES string of the molecule is CN1CCN(C(=O)OC2c3nccnc3C(O)N2c2ccc(Cl)cn2)CC1. The lowest BCUT2D eigenvalue weighted by molar-refractivity contribution is 0.0355. The summed E-state index contributed by atoms with van der Waals surface area (Å²) in [7, 11) is 2.01. The Morgan fingerprint density at radius 2 is 1.85 bits per heavy atom. The van der Waals surface area contributed by atoms with E-state index in [1.54, 1.807) is 17.0 Å². The number of anilines is 1. The Kier molecular flexibility index (Phi) is 4.81. The van der Waals surface area contributed by atoms with E-state index in [9.17, 15) is 9.90 Å². The number of carbonyl (C=O) groups is 1. The van der Waals surface area contributed by atoms with Gasteiger partial charge in [-0.3, -0.25) is 14.9 Å². The van der Waals surface area contributed by atoms with E-state index in [2.05, 4.69) is 19.9 Å². The van der Waals surface area contributed by atoms with Gasteiger partial charge < -0.3 is 19.6 Å². The number of likely N-dealkylation sites (N-methyl/N-ethyl adjacent to an activating group) is 1. The molecule has 0 aromatic carbocycles. The summed E-state index contributed by atoms with van der Waals surface area (Å²) in [4.78, 5) is 30.7. The van der Waals surface area contributed by atoms with Crippen molar-refractivity contribution in [1.82, 2.24) is 24.8 Å². The number of fused-ring (bicyclic) bond motifs is 1. The van der Waals surface area contributed by atoms with Crippen LogP contribution < -0.4 is 4.90 Å². The Hall–Kier alpha value is -2.49. The summed E-state index contributed by atoms with van der Waals surface area (Å²) in [5.41, 5.74) is 0.731. The molecule has 0 radical (unpaired) electrons. The Balaban J connectivity index is 1.62. The van der Waals surface area contributed by atoms with Gasteiger partial charge in [0, 0.05) is 44.8 Å². The number of carbonyl (C=O) groups excluding carboxylic acids is 1. The monoisotopic (exact) mass is 390 g/mol. The Morgan fingerprint density at radius 3 is 2.52 bits per heavy atom. The molecule has 4 rings (SSSR count). The second-order valence-corrected chi connectivity index (χ2v) is 6.91. The minimum Gasteiger partial charge on any atom is -0.419 e. The Labute approximate surface area is 161 Å². The lowest BCUT2D eigenvalue weighted by atomic mass is 10.3. The van der Waals surface area contributed by atoms with Crippen LogP contribution in [0, 0.1) is 0 Å². The van der Waals surface area contributed by atoms with Gasteiger partial charge in [-0.25, -0.2) is 9.78 Å². The first kappa shape index (κ1) is 17.9. The molecule has 142 valence electrons. The number of amides is 1. The highest BCUT2D eigenvalue weighted by Crippen LogP contribution is 2.41. The summed E-state index contributed by atoms with van der Waals surface area (Å²) in [6.45, 7) is 2.72. The van der Waals surface area contributed by atoms with Gasteiger partial charge in [0.15, 0.2) is 6.23 Å². The second-order valence-electron chi connectivity index (χ2n) is 6.47. The number of halogens is 1. The molecule has 1 fully saturated rings. The molecule has 2 aromatic rings. The Morgan fingerprint density at radius 1 is 1.15 bits per heavy atom. The third-order valence-electron chi connectivity index (χ3n) is 4.70. The number of nitrogens with zero attached hydrogens (tertiary/aromatic N) is 6. The number of rotatable bonds is 2. The molecular formula is C17H19ClN6O3. The van der Waals surface area contributed by atoms with Crippen LogP contribution in [0.1, 0.15) is 23.8 Å². The molecule has 0 saturated carbocycles. The first-order chi connectivity index (χ1) is 13.0. The summed E-state index contributed by atoms with van der Waals surface area (Å²) >= 11 is 5.91. The van der Waals surface area contributed by atoms with E-state index < -0.39 is 18.5 Å². The van der Waals surface area contributed by atoms with E-state index >= 15 is 0 Å². The van der Waals surface area contributed by atoms with Crippen molar-refractivity contribution in [3.63, 3.8) is 0 Å². The van der Waals surface area contributed by atoms with Crippen LogP contribution in [0.15, 0.2) is 30.7 Å². The number of hydrogen-bond donors (Lipinski definition) is 1. The van der Waals surface area contributed by atoms with Crippen LogP contribution in [0.5, 0.6) is 0 Å². The molecule has 2 aromatic heterocycles. The zero-order valence-corrected chi connectivity index (χ0v) is 15.5. The van der Waals surface area contributed by atoms with E-state index in [1.165, 1.54) is 23.5 Å². The molecule has 1 saturated heterocycles. The van der Waals surface area contributed by atoms with Gasteiger partial charge in [0.1, 0.15) is 17.2 Å². The third kappa shape index (κ3) is 3.41. The maximum Gasteiger partial charge on any atom is 0.412 e. The number of aliphatic hydroxyl groups excluding tert-OH is 1. The summed E-state index contributed by atoms with van der Waals surface area (Å²) in [5, 5.41) is 11.2. The summed E-state index contributed by atoms with van der Waals surface area (Å²) in [6.07, 6.45) is 1.93. The van der Waals surface area contributed by atoms with Gasteiger partial charge in [0.25, 0.3) is 0 Å². The van der Waals surface area contributed by atoms with Crippen molar-refractivity contribution in [2.45, 2.75) is 12.5 Å². The van der Waals surface area contributed by atoms with Crippen molar-refractivity contribution < 1.29 is 14.6 Å². The lowest BCUT2D eigenvalue weighted by Crippen LogP contribution is -2.48. The van der Waals surface area contributed by atoms with Crippen LogP contribution in [-0.2, 0) is 4.74 Å². The fourth-order valence-corrected chi connectivity index (χ4v) is 3.29. The third-order valence-corrected chi connectivity index (χ3v) is 4.92. The average molecular weight is 391 g/mol. The second kappa shape index (κ2) is 7.26. The highest BCUT2D eigenvalue weighted by molar-refractivity contribution is 6.30. The smallest absolute Gasteiger partial charge is 0.412 e. The molecule has 2 atom stereocenters. The zero-order valence-electron chi connectivity index (χ0n) is 14.7. The van der Waals surface area contributed by atoms with Crippen molar-refractivity contribution in [3.8, 4) is 0 Å². The fourth-order valence-electron chi connectivity index (χ4n) is 3.18. The average Bonchev–Trinajstić information content (AvgIpc) is 2.95. The zero-order chi connectivity index (χ0) is 19.0. The molecule has 2 aliphatic heterocycles. The van der Waals surface area contributed by atoms with E-state index in [0.29, 0.717) is 35.3 Å². The highest BCUT2D eigenvalue weighted by atomic mass is 35.5. The number of pyridine rings is 1. The molecule has 0 aliphatic carbocycles. The van der Waals surface area contributed by atoms with Gasteiger partial charge in [0.2, 0.25) is 6.23 Å². The molecule has 1 N–H and O–H groups in total. The van der Waals surface area contributed by atoms with Crippen LogP contribution in [0.25, 0.3) is 0 Å². The van der Waals surface area contributed by atoms with Crippen LogP contribution in [0.2, 0.25) is 5.02 Å². The van der Waals surface area contributed by atoms with Gasteiger partial charge in [-0.2, -0.15) is 0 Å². The van der Waals surface area contributed by atoms with Crippen LogP contribution in [-0.4, -0.2) is 69.2 Å². The van der Waals surface area contributed by atoms with Gasteiger partial charge in [-0.1, -0.05) is 11.6 Å². The summed E-state index contributed by atoms with van der Waals surface area (Å²) < 4.78 is 5.74. The highest BCUT2D eigenvalue weighted by Gasteiger charge is 2.44. The largest absolute Gasteiger partial charge is 0.419 e. The van der Waals surface area contributed by atoms with E-state index in [-0.39, 0.29) is 0 Å². The normalized spacial score (nSPS) is 22.6. The maximum absolute atomic E-state index is 12.7. The van der Waals surface area contributed by atoms with E-state index in [0.717, 1.165) is 13.1 Å². The first-order valence-corrected chi connectivity index (χ1v) is 8.95. The molecule has 0 bridgehead atoms. The number of ether oxygens (including phenoxy) is 1. The number of piperazine rings is 1. The predicted molar refractivity (Wildman–Crippen MR) is 97.0 cm³/mol. The lowest BCUT2D eigenvalue weighted by Gasteiger charge is -2.34. The van der Waals surface area contributed by atoms with Gasteiger partial charge in [-0.15, -0.1) is 0 Å². The molecule has 9 nitrogen and oxygen atoms in total.